The minimum atomic E-state index is -4.23. The second kappa shape index (κ2) is 7.18. The van der Waals surface area contributed by atoms with Crippen LogP contribution < -0.4 is 5.32 Å². The second-order valence-electron chi connectivity index (χ2n) is 4.24. The van der Waals surface area contributed by atoms with E-state index in [0.29, 0.717) is 18.6 Å². The molecule has 6 heteroatoms. The Labute approximate surface area is 99.7 Å². The predicted molar refractivity (Wildman–Crippen MR) is 57.9 cm³/mol. The van der Waals surface area contributed by atoms with E-state index in [2.05, 4.69) is 17.0 Å². The molecule has 1 fully saturated rings. The Morgan fingerprint density at radius 2 is 2.18 bits per heavy atom. The van der Waals surface area contributed by atoms with E-state index in [1.54, 1.807) is 0 Å². The van der Waals surface area contributed by atoms with Crippen molar-refractivity contribution in [3.05, 3.63) is 0 Å². The molecule has 3 nitrogen and oxygen atoms in total. The first-order valence-electron chi connectivity index (χ1n) is 5.99. The summed E-state index contributed by atoms with van der Waals surface area (Å²) in [5.74, 6) is 0.475. The molecule has 1 saturated heterocycles. The summed E-state index contributed by atoms with van der Waals surface area (Å²) < 4.78 is 45.3. The maximum atomic E-state index is 11.7. The van der Waals surface area contributed by atoms with Crippen molar-refractivity contribution >= 4 is 0 Å². The zero-order chi connectivity index (χ0) is 12.7. The summed E-state index contributed by atoms with van der Waals surface area (Å²) in [6.45, 7) is 3.02. The third-order valence-corrected chi connectivity index (χ3v) is 2.84. The number of ether oxygens (including phenoxy) is 2. The number of nitrogens with one attached hydrogen (secondary N) is 1. The van der Waals surface area contributed by atoms with Gasteiger partial charge in [0.05, 0.1) is 12.7 Å². The summed E-state index contributed by atoms with van der Waals surface area (Å²) >= 11 is 0. The quantitative estimate of drug-likeness (QED) is 0.705. The fourth-order valence-corrected chi connectivity index (χ4v) is 2.00. The first-order chi connectivity index (χ1) is 8.03. The summed E-state index contributed by atoms with van der Waals surface area (Å²) in [4.78, 5) is 0. The highest BCUT2D eigenvalue weighted by Crippen LogP contribution is 2.22. The fraction of sp³-hybridized carbons (Fsp3) is 1.00. The van der Waals surface area contributed by atoms with Gasteiger partial charge in [-0.3, -0.25) is 0 Å². The average molecular weight is 255 g/mol. The lowest BCUT2D eigenvalue weighted by Crippen LogP contribution is -2.31. The van der Waals surface area contributed by atoms with Crippen molar-refractivity contribution in [3.63, 3.8) is 0 Å². The van der Waals surface area contributed by atoms with Crippen LogP contribution in [0.5, 0.6) is 0 Å². The Hall–Kier alpha value is -0.330. The summed E-state index contributed by atoms with van der Waals surface area (Å²) in [6.07, 6.45) is -1.93. The molecule has 17 heavy (non-hydrogen) atoms. The van der Waals surface area contributed by atoms with E-state index >= 15 is 0 Å². The van der Waals surface area contributed by atoms with Gasteiger partial charge in [-0.2, -0.15) is 13.2 Å². The maximum Gasteiger partial charge on any atom is 0.411 e. The number of hydrogen-bond acceptors (Lipinski definition) is 3. The molecule has 0 radical (unpaired) electrons. The molecule has 102 valence electrons. The number of hydrogen-bond donors (Lipinski definition) is 1. The monoisotopic (exact) mass is 255 g/mol. The zero-order valence-corrected chi connectivity index (χ0v) is 10.1. The third kappa shape index (κ3) is 6.24. The number of alkyl halides is 3. The molecule has 1 N–H and O–H groups in total. The van der Waals surface area contributed by atoms with Crippen LogP contribution >= 0.6 is 0 Å². The fourth-order valence-electron chi connectivity index (χ4n) is 2.00. The van der Waals surface area contributed by atoms with Gasteiger partial charge in [0.15, 0.2) is 0 Å². The zero-order valence-electron chi connectivity index (χ0n) is 10.1. The van der Waals surface area contributed by atoms with E-state index in [1.807, 2.05) is 0 Å². The Balaban J connectivity index is 1.97. The van der Waals surface area contributed by atoms with E-state index in [-0.39, 0.29) is 6.61 Å². The summed E-state index contributed by atoms with van der Waals surface area (Å²) in [5.41, 5.74) is 0. The van der Waals surface area contributed by atoms with Crippen molar-refractivity contribution in [3.8, 4) is 0 Å². The predicted octanol–water partition coefficient (Wildman–Crippen LogP) is 1.97. The number of rotatable bonds is 7. The van der Waals surface area contributed by atoms with E-state index in [1.165, 1.54) is 0 Å². The van der Waals surface area contributed by atoms with E-state index < -0.39 is 12.8 Å². The topological polar surface area (TPSA) is 30.5 Å². The lowest BCUT2D eigenvalue weighted by atomic mass is 10.00. The van der Waals surface area contributed by atoms with Gasteiger partial charge >= 0.3 is 6.18 Å². The van der Waals surface area contributed by atoms with Crippen LogP contribution in [-0.4, -0.2) is 45.2 Å². The van der Waals surface area contributed by atoms with Gasteiger partial charge in [-0.25, -0.2) is 0 Å². The first-order valence-corrected chi connectivity index (χ1v) is 5.99. The minimum absolute atomic E-state index is 0.0872. The molecule has 1 rings (SSSR count). The standard InChI is InChI=1S/C11H20F3NO2/c1-2-10-9(3-5-17-10)7-15-4-6-16-8-11(12,13)14/h9-10,15H,2-8H2,1H3. The normalized spacial score (nSPS) is 25.4. The largest absolute Gasteiger partial charge is 0.411 e. The maximum absolute atomic E-state index is 11.7. The van der Waals surface area contributed by atoms with Crippen LogP contribution in [0.1, 0.15) is 19.8 Å². The van der Waals surface area contributed by atoms with Crippen molar-refractivity contribution in [2.75, 3.05) is 32.9 Å². The van der Waals surface area contributed by atoms with Crippen LogP contribution in [0.15, 0.2) is 0 Å². The van der Waals surface area contributed by atoms with Gasteiger partial charge in [0.2, 0.25) is 0 Å². The highest BCUT2D eigenvalue weighted by molar-refractivity contribution is 4.76. The van der Waals surface area contributed by atoms with E-state index in [0.717, 1.165) is 26.0 Å². The van der Waals surface area contributed by atoms with Gasteiger partial charge in [-0.1, -0.05) is 6.92 Å². The van der Waals surface area contributed by atoms with Gasteiger partial charge in [-0.15, -0.1) is 0 Å². The van der Waals surface area contributed by atoms with Gasteiger partial charge in [-0.05, 0) is 18.8 Å². The summed E-state index contributed by atoms with van der Waals surface area (Å²) in [6, 6.07) is 0. The Bertz CT molecular complexity index is 211. The van der Waals surface area contributed by atoms with Crippen LogP contribution in [0, 0.1) is 5.92 Å². The van der Waals surface area contributed by atoms with Crippen molar-refractivity contribution < 1.29 is 22.6 Å². The van der Waals surface area contributed by atoms with E-state index in [9.17, 15) is 13.2 Å². The Morgan fingerprint density at radius 3 is 2.82 bits per heavy atom. The smallest absolute Gasteiger partial charge is 0.378 e. The Morgan fingerprint density at radius 1 is 1.41 bits per heavy atom. The molecule has 0 aromatic carbocycles. The van der Waals surface area contributed by atoms with Crippen LogP contribution in [-0.2, 0) is 9.47 Å². The van der Waals surface area contributed by atoms with Gasteiger partial charge < -0.3 is 14.8 Å². The molecule has 2 atom stereocenters. The Kier molecular flexibility index (Phi) is 6.22. The molecular formula is C11H20F3NO2. The highest BCUT2D eigenvalue weighted by Gasteiger charge is 2.27. The van der Waals surface area contributed by atoms with Crippen molar-refractivity contribution in [2.24, 2.45) is 5.92 Å². The lowest BCUT2D eigenvalue weighted by molar-refractivity contribution is -0.173. The molecule has 1 heterocycles. The van der Waals surface area contributed by atoms with Crippen LogP contribution in [0.4, 0.5) is 13.2 Å². The first kappa shape index (κ1) is 14.7. The SMILES string of the molecule is CCC1OCCC1CNCCOCC(F)(F)F. The average Bonchev–Trinajstić information content (AvgIpc) is 2.69. The van der Waals surface area contributed by atoms with Gasteiger partial charge in [0, 0.05) is 19.7 Å². The molecule has 0 saturated carbocycles. The summed E-state index contributed by atoms with van der Waals surface area (Å²) in [7, 11) is 0. The van der Waals surface area contributed by atoms with Crippen LogP contribution in [0.3, 0.4) is 0 Å². The molecule has 2 unspecified atom stereocenters. The van der Waals surface area contributed by atoms with Crippen molar-refractivity contribution in [1.82, 2.24) is 5.32 Å². The third-order valence-electron chi connectivity index (χ3n) is 2.84. The highest BCUT2D eigenvalue weighted by atomic mass is 19.4. The van der Waals surface area contributed by atoms with Crippen molar-refractivity contribution in [2.45, 2.75) is 32.0 Å². The van der Waals surface area contributed by atoms with Crippen molar-refractivity contribution in [1.29, 1.82) is 0 Å². The molecule has 0 aromatic rings. The minimum Gasteiger partial charge on any atom is -0.378 e. The lowest BCUT2D eigenvalue weighted by Gasteiger charge is -2.17. The molecule has 0 bridgehead atoms. The molecule has 1 aliphatic heterocycles. The van der Waals surface area contributed by atoms with Crippen LogP contribution in [0.2, 0.25) is 0 Å². The molecule has 0 aromatic heterocycles. The second-order valence-corrected chi connectivity index (χ2v) is 4.24. The molecular weight excluding hydrogens is 235 g/mol. The van der Waals surface area contributed by atoms with Gasteiger partial charge in [0.1, 0.15) is 6.61 Å². The van der Waals surface area contributed by atoms with Crippen LogP contribution in [0.25, 0.3) is 0 Å². The van der Waals surface area contributed by atoms with E-state index in [4.69, 9.17) is 4.74 Å². The molecule has 1 aliphatic rings. The molecule has 0 aliphatic carbocycles. The van der Waals surface area contributed by atoms with Gasteiger partial charge in [0.25, 0.3) is 0 Å². The summed E-state index contributed by atoms with van der Waals surface area (Å²) in [5, 5.41) is 3.11. The molecule has 0 amide bonds. The number of halogens is 3. The molecule has 0 spiro atoms.